The van der Waals surface area contributed by atoms with Gasteiger partial charge in [-0.05, 0) is 56.7 Å². The van der Waals surface area contributed by atoms with Crippen molar-refractivity contribution in [2.45, 2.75) is 57.3 Å². The minimum absolute atomic E-state index is 0.0278. The predicted octanol–water partition coefficient (Wildman–Crippen LogP) is 2.95. The van der Waals surface area contributed by atoms with Crippen LogP contribution in [-0.4, -0.2) is 28.9 Å². The van der Waals surface area contributed by atoms with Crippen molar-refractivity contribution in [2.24, 2.45) is 0 Å². The molecule has 1 aromatic rings. The Morgan fingerprint density at radius 2 is 1.90 bits per heavy atom. The van der Waals surface area contributed by atoms with Crippen molar-refractivity contribution in [1.82, 2.24) is 5.32 Å². The van der Waals surface area contributed by atoms with Gasteiger partial charge >= 0.3 is 0 Å². The monoisotopic (exact) mass is 289 g/mol. The molecule has 3 N–H and O–H groups in total. The summed E-state index contributed by atoms with van der Waals surface area (Å²) >= 11 is 0. The molecule has 3 atom stereocenters. The second-order valence-electron chi connectivity index (χ2n) is 5.93. The molecule has 0 fully saturated rings. The van der Waals surface area contributed by atoms with Gasteiger partial charge in [-0.1, -0.05) is 36.4 Å². The lowest BCUT2D eigenvalue weighted by Gasteiger charge is -2.23. The van der Waals surface area contributed by atoms with E-state index >= 15 is 0 Å². The van der Waals surface area contributed by atoms with Crippen LogP contribution < -0.4 is 5.32 Å². The van der Waals surface area contributed by atoms with Crippen molar-refractivity contribution in [3.05, 3.63) is 47.5 Å². The lowest BCUT2D eigenvalue weighted by molar-refractivity contribution is 0.131. The van der Waals surface area contributed by atoms with E-state index in [0.29, 0.717) is 13.0 Å². The van der Waals surface area contributed by atoms with Gasteiger partial charge in [-0.15, -0.1) is 0 Å². The summed E-state index contributed by atoms with van der Waals surface area (Å²) in [6.07, 6.45) is 6.62. The van der Waals surface area contributed by atoms with Gasteiger partial charge in [-0.25, -0.2) is 0 Å². The van der Waals surface area contributed by atoms with Crippen LogP contribution in [0.3, 0.4) is 0 Å². The molecule has 0 heterocycles. The molecule has 0 spiro atoms. The Bertz CT molecular complexity index is 444. The number of hydrogen-bond acceptors (Lipinski definition) is 3. The van der Waals surface area contributed by atoms with Gasteiger partial charge in [-0.2, -0.15) is 0 Å². The third kappa shape index (κ3) is 4.95. The molecule has 1 aliphatic carbocycles. The summed E-state index contributed by atoms with van der Waals surface area (Å²) < 4.78 is 0. The van der Waals surface area contributed by atoms with E-state index in [9.17, 15) is 10.2 Å². The molecule has 0 saturated carbocycles. The van der Waals surface area contributed by atoms with Crippen LogP contribution in [0, 0.1) is 0 Å². The summed E-state index contributed by atoms with van der Waals surface area (Å²) in [5.74, 6) is 0. The second kappa shape index (κ2) is 8.32. The molecule has 3 unspecified atom stereocenters. The Morgan fingerprint density at radius 3 is 2.57 bits per heavy atom. The molecule has 0 saturated heterocycles. The maximum atomic E-state index is 10.3. The molecule has 0 radical (unpaired) electrons. The molecule has 2 rings (SSSR count). The van der Waals surface area contributed by atoms with Crippen LogP contribution in [0.25, 0.3) is 0 Å². The van der Waals surface area contributed by atoms with E-state index in [2.05, 4.69) is 11.4 Å². The molecule has 0 aliphatic heterocycles. The number of allylic oxidation sites excluding steroid dienone is 1. The van der Waals surface area contributed by atoms with Crippen LogP contribution in [0.5, 0.6) is 0 Å². The normalized spacial score (nSPS) is 19.7. The smallest absolute Gasteiger partial charge is 0.0940 e. The van der Waals surface area contributed by atoms with E-state index in [4.69, 9.17) is 0 Å². The first-order valence-electron chi connectivity index (χ1n) is 8.02. The number of nitrogens with one attached hydrogen (secondary N) is 1. The third-order valence-corrected chi connectivity index (χ3v) is 4.25. The SMILES string of the molecule is CC(NCCC(O)C1=CCCCC1)C(O)c1ccccc1. The zero-order valence-corrected chi connectivity index (χ0v) is 12.8. The van der Waals surface area contributed by atoms with Gasteiger partial charge in [0.15, 0.2) is 0 Å². The van der Waals surface area contributed by atoms with Gasteiger partial charge < -0.3 is 15.5 Å². The molecule has 21 heavy (non-hydrogen) atoms. The molecular formula is C18H27NO2. The van der Waals surface area contributed by atoms with Gasteiger partial charge in [0, 0.05) is 6.04 Å². The highest BCUT2D eigenvalue weighted by Gasteiger charge is 2.17. The Labute approximate surface area is 127 Å². The highest BCUT2D eigenvalue weighted by Crippen LogP contribution is 2.22. The van der Waals surface area contributed by atoms with Crippen molar-refractivity contribution in [1.29, 1.82) is 0 Å². The first kappa shape index (κ1) is 16.2. The van der Waals surface area contributed by atoms with E-state index in [0.717, 1.165) is 18.4 Å². The summed E-state index contributed by atoms with van der Waals surface area (Å²) in [5, 5.41) is 23.8. The summed E-state index contributed by atoms with van der Waals surface area (Å²) in [6.45, 7) is 2.69. The Kier molecular flexibility index (Phi) is 6.43. The summed E-state index contributed by atoms with van der Waals surface area (Å²) in [6, 6.07) is 9.66. The maximum Gasteiger partial charge on any atom is 0.0940 e. The highest BCUT2D eigenvalue weighted by molar-refractivity contribution is 5.18. The van der Waals surface area contributed by atoms with E-state index < -0.39 is 6.10 Å². The van der Waals surface area contributed by atoms with Gasteiger partial charge in [0.05, 0.1) is 12.2 Å². The molecule has 1 aliphatic rings. The Balaban J connectivity index is 1.74. The lowest BCUT2D eigenvalue weighted by atomic mass is 9.94. The van der Waals surface area contributed by atoms with Gasteiger partial charge in [0.2, 0.25) is 0 Å². The largest absolute Gasteiger partial charge is 0.389 e. The topological polar surface area (TPSA) is 52.5 Å². The van der Waals surface area contributed by atoms with E-state index in [1.165, 1.54) is 18.4 Å². The van der Waals surface area contributed by atoms with Crippen LogP contribution >= 0.6 is 0 Å². The number of hydrogen-bond donors (Lipinski definition) is 3. The maximum absolute atomic E-state index is 10.3. The summed E-state index contributed by atoms with van der Waals surface area (Å²) in [4.78, 5) is 0. The molecular weight excluding hydrogens is 262 g/mol. The van der Waals surface area contributed by atoms with Crippen molar-refractivity contribution in [2.75, 3.05) is 6.54 Å². The van der Waals surface area contributed by atoms with Crippen molar-refractivity contribution in [3.63, 3.8) is 0 Å². The van der Waals surface area contributed by atoms with Crippen LogP contribution in [0.2, 0.25) is 0 Å². The zero-order chi connectivity index (χ0) is 15.1. The quantitative estimate of drug-likeness (QED) is 0.676. The summed E-state index contributed by atoms with van der Waals surface area (Å²) in [5.41, 5.74) is 2.12. The molecule has 3 nitrogen and oxygen atoms in total. The van der Waals surface area contributed by atoms with Crippen LogP contribution in [0.4, 0.5) is 0 Å². The Morgan fingerprint density at radius 1 is 1.14 bits per heavy atom. The predicted molar refractivity (Wildman–Crippen MR) is 86.0 cm³/mol. The Hall–Kier alpha value is -1.16. The van der Waals surface area contributed by atoms with Gasteiger partial charge in [0.25, 0.3) is 0 Å². The average Bonchev–Trinajstić information content (AvgIpc) is 2.55. The first-order valence-corrected chi connectivity index (χ1v) is 8.02. The molecule has 1 aromatic carbocycles. The summed E-state index contributed by atoms with van der Waals surface area (Å²) in [7, 11) is 0. The highest BCUT2D eigenvalue weighted by atomic mass is 16.3. The molecule has 0 aromatic heterocycles. The van der Waals surface area contributed by atoms with E-state index in [1.807, 2.05) is 37.3 Å². The van der Waals surface area contributed by atoms with Crippen molar-refractivity contribution in [3.8, 4) is 0 Å². The fraction of sp³-hybridized carbons (Fsp3) is 0.556. The number of aliphatic hydroxyl groups excluding tert-OH is 2. The molecule has 3 heteroatoms. The van der Waals surface area contributed by atoms with Gasteiger partial charge in [-0.3, -0.25) is 0 Å². The average molecular weight is 289 g/mol. The minimum Gasteiger partial charge on any atom is -0.389 e. The fourth-order valence-electron chi connectivity index (χ4n) is 2.85. The standard InChI is InChI=1S/C18H27NO2/c1-14(18(21)16-10-6-3-7-11-16)19-13-12-17(20)15-8-4-2-5-9-15/h3,6-8,10-11,14,17-21H,2,4-5,9,12-13H2,1H3. The molecule has 116 valence electrons. The zero-order valence-electron chi connectivity index (χ0n) is 12.8. The number of aliphatic hydroxyl groups is 2. The lowest BCUT2D eigenvalue weighted by Crippen LogP contribution is -2.34. The van der Waals surface area contributed by atoms with Crippen LogP contribution in [-0.2, 0) is 0 Å². The number of rotatable bonds is 7. The van der Waals surface area contributed by atoms with E-state index in [-0.39, 0.29) is 12.1 Å². The molecule has 0 bridgehead atoms. The second-order valence-corrected chi connectivity index (χ2v) is 5.93. The van der Waals surface area contributed by atoms with Crippen LogP contribution in [0.15, 0.2) is 42.0 Å². The minimum atomic E-state index is -0.516. The first-order chi connectivity index (χ1) is 10.2. The number of benzene rings is 1. The van der Waals surface area contributed by atoms with E-state index in [1.54, 1.807) is 0 Å². The third-order valence-electron chi connectivity index (χ3n) is 4.25. The molecule has 0 amide bonds. The van der Waals surface area contributed by atoms with Crippen molar-refractivity contribution < 1.29 is 10.2 Å². The van der Waals surface area contributed by atoms with Crippen molar-refractivity contribution >= 4 is 0 Å². The van der Waals surface area contributed by atoms with Crippen LogP contribution in [0.1, 0.15) is 50.7 Å². The fourth-order valence-corrected chi connectivity index (χ4v) is 2.85. The van der Waals surface area contributed by atoms with Gasteiger partial charge in [0.1, 0.15) is 0 Å².